The van der Waals surface area contributed by atoms with E-state index in [4.69, 9.17) is 24.2 Å². The highest BCUT2D eigenvalue weighted by Gasteiger charge is 2.45. The van der Waals surface area contributed by atoms with Gasteiger partial charge < -0.3 is 28.9 Å². The lowest BCUT2D eigenvalue weighted by molar-refractivity contribution is 0.0122. The van der Waals surface area contributed by atoms with Gasteiger partial charge in [0.2, 0.25) is 0 Å². The van der Waals surface area contributed by atoms with E-state index in [9.17, 15) is 9.59 Å². The number of aromatic nitrogens is 2. The summed E-state index contributed by atoms with van der Waals surface area (Å²) in [6.07, 6.45) is 4.15. The number of amides is 2. The van der Waals surface area contributed by atoms with Crippen molar-refractivity contribution in [2.75, 3.05) is 44.7 Å². The van der Waals surface area contributed by atoms with Gasteiger partial charge in [-0.15, -0.1) is 0 Å². The Labute approximate surface area is 254 Å². The number of nitrogens with zero attached hydrogens (tertiary/aromatic N) is 6. The van der Waals surface area contributed by atoms with Gasteiger partial charge in [0, 0.05) is 31.2 Å². The van der Waals surface area contributed by atoms with Crippen LogP contribution in [-0.2, 0) is 29.0 Å². The van der Waals surface area contributed by atoms with Crippen LogP contribution in [0.1, 0.15) is 63.3 Å². The smallest absolute Gasteiger partial charge is 0.410 e. The Kier molecular flexibility index (Phi) is 8.35. The number of hydrogen-bond donors (Lipinski definition) is 0. The second kappa shape index (κ2) is 12.2. The molecule has 2 aromatic rings. The minimum absolute atomic E-state index is 0.0591. The Bertz CT molecular complexity index is 1300. The van der Waals surface area contributed by atoms with E-state index in [1.807, 2.05) is 56.0 Å². The summed E-state index contributed by atoms with van der Waals surface area (Å²) in [6, 6.07) is 10.5. The second-order valence-electron chi connectivity index (χ2n) is 13.2. The van der Waals surface area contributed by atoms with Crippen LogP contribution in [0.2, 0.25) is 0 Å². The molecule has 11 nitrogen and oxygen atoms in total. The van der Waals surface area contributed by atoms with Crippen LogP contribution in [0, 0.1) is 0 Å². The first-order valence-corrected chi connectivity index (χ1v) is 15.6. The molecular formula is C32H44N6O5. The van der Waals surface area contributed by atoms with Crippen molar-refractivity contribution < 1.29 is 23.8 Å². The van der Waals surface area contributed by atoms with Gasteiger partial charge in [-0.3, -0.25) is 4.90 Å². The zero-order chi connectivity index (χ0) is 30.1. The summed E-state index contributed by atoms with van der Waals surface area (Å²) in [6.45, 7) is 9.74. The van der Waals surface area contributed by atoms with Crippen LogP contribution in [0.5, 0.6) is 6.01 Å². The SMILES string of the molecule is CN1CCC[C@H]1COc1nc2c(c(N3CC4CCC(C3)N4C(=O)OC(C)(C)C)n1)CCN(C(=O)OCc1ccccc1)C2. The third-order valence-electron chi connectivity index (χ3n) is 8.95. The van der Waals surface area contributed by atoms with Gasteiger partial charge in [-0.1, -0.05) is 30.3 Å². The van der Waals surface area contributed by atoms with Gasteiger partial charge in [0.05, 0.1) is 24.3 Å². The van der Waals surface area contributed by atoms with E-state index in [0.717, 1.165) is 54.9 Å². The lowest BCUT2D eigenvalue weighted by Gasteiger charge is -2.42. The van der Waals surface area contributed by atoms with E-state index in [2.05, 4.69) is 16.8 Å². The van der Waals surface area contributed by atoms with Crippen molar-refractivity contribution in [1.82, 2.24) is 24.7 Å². The van der Waals surface area contributed by atoms with Crippen molar-refractivity contribution >= 4 is 18.0 Å². The fourth-order valence-electron chi connectivity index (χ4n) is 6.73. The van der Waals surface area contributed by atoms with Gasteiger partial charge in [0.15, 0.2) is 0 Å². The van der Waals surface area contributed by atoms with Crippen molar-refractivity contribution in [1.29, 1.82) is 0 Å². The molecule has 4 aliphatic rings. The maximum atomic E-state index is 13.1. The average Bonchev–Trinajstić information content (AvgIpc) is 3.52. The summed E-state index contributed by atoms with van der Waals surface area (Å²) in [5.41, 5.74) is 2.26. The van der Waals surface area contributed by atoms with Crippen molar-refractivity contribution in [3.63, 3.8) is 0 Å². The standard InChI is InChI=1S/C32H44N6O5/c1-32(2,3)43-31(40)38-23-12-13-24(38)18-37(17-23)28-26-14-16-36(30(39)42-20-22-9-6-5-7-10-22)19-27(26)33-29(34-28)41-21-25-11-8-15-35(25)4/h5-7,9-10,23-25H,8,11-21H2,1-4H3/t23?,24?,25-/m0/s1. The van der Waals surface area contributed by atoms with Crippen molar-refractivity contribution in [2.24, 2.45) is 0 Å². The summed E-state index contributed by atoms with van der Waals surface area (Å²) in [4.78, 5) is 44.2. The molecule has 2 unspecified atom stereocenters. The maximum absolute atomic E-state index is 13.1. The monoisotopic (exact) mass is 592 g/mol. The molecule has 43 heavy (non-hydrogen) atoms. The molecule has 0 spiro atoms. The molecule has 3 atom stereocenters. The van der Waals surface area contributed by atoms with Crippen molar-refractivity contribution in [3.8, 4) is 6.01 Å². The molecule has 0 saturated carbocycles. The van der Waals surface area contributed by atoms with E-state index in [1.165, 1.54) is 0 Å². The zero-order valence-electron chi connectivity index (χ0n) is 25.8. The molecular weight excluding hydrogens is 548 g/mol. The van der Waals surface area contributed by atoms with Crippen LogP contribution >= 0.6 is 0 Å². The number of carbonyl (C=O) groups excluding carboxylic acids is 2. The first kappa shape index (κ1) is 29.5. The number of rotatable bonds is 6. The van der Waals surface area contributed by atoms with Crippen LogP contribution in [0.15, 0.2) is 30.3 Å². The Hall–Kier alpha value is -3.60. The topological polar surface area (TPSA) is 101 Å². The molecule has 3 saturated heterocycles. The number of likely N-dealkylation sites (N-methyl/N-ethyl adjacent to an activating group) is 1. The van der Waals surface area contributed by atoms with Gasteiger partial charge in [0.25, 0.3) is 0 Å². The summed E-state index contributed by atoms with van der Waals surface area (Å²) in [5, 5.41) is 0. The fourth-order valence-corrected chi connectivity index (χ4v) is 6.73. The summed E-state index contributed by atoms with van der Waals surface area (Å²) < 4.78 is 17.6. The third kappa shape index (κ3) is 6.66. The highest BCUT2D eigenvalue weighted by Crippen LogP contribution is 2.37. The summed E-state index contributed by atoms with van der Waals surface area (Å²) in [5.74, 6) is 0.859. The lowest BCUT2D eigenvalue weighted by atomic mass is 10.0. The first-order valence-electron chi connectivity index (χ1n) is 15.6. The van der Waals surface area contributed by atoms with E-state index in [1.54, 1.807) is 4.90 Å². The zero-order valence-corrected chi connectivity index (χ0v) is 25.8. The number of piperazine rings is 1. The van der Waals surface area contributed by atoms with Crippen molar-refractivity contribution in [3.05, 3.63) is 47.2 Å². The lowest BCUT2D eigenvalue weighted by Crippen LogP contribution is -2.57. The predicted octanol–water partition coefficient (Wildman–Crippen LogP) is 4.23. The molecule has 1 aromatic heterocycles. The van der Waals surface area contributed by atoms with E-state index >= 15 is 0 Å². The minimum atomic E-state index is -0.535. The van der Waals surface area contributed by atoms with Crippen LogP contribution in [-0.4, -0.2) is 100 Å². The fraction of sp³-hybridized carbons (Fsp3) is 0.625. The largest absolute Gasteiger partial charge is 0.462 e. The van der Waals surface area contributed by atoms with Crippen LogP contribution < -0.4 is 9.64 Å². The molecule has 6 rings (SSSR count). The Morgan fingerprint density at radius 3 is 2.40 bits per heavy atom. The first-order chi connectivity index (χ1) is 20.6. The van der Waals surface area contributed by atoms with Gasteiger partial charge in [-0.05, 0) is 72.0 Å². The average molecular weight is 593 g/mol. The number of hydrogen-bond acceptors (Lipinski definition) is 9. The maximum Gasteiger partial charge on any atom is 0.410 e. The third-order valence-corrected chi connectivity index (χ3v) is 8.95. The highest BCUT2D eigenvalue weighted by atomic mass is 16.6. The minimum Gasteiger partial charge on any atom is -0.462 e. The van der Waals surface area contributed by atoms with Gasteiger partial charge >= 0.3 is 18.2 Å². The number of ether oxygens (including phenoxy) is 3. The molecule has 232 valence electrons. The van der Waals surface area contributed by atoms with Crippen LogP contribution in [0.4, 0.5) is 15.4 Å². The molecule has 2 amide bonds. The quantitative estimate of drug-likeness (QED) is 0.488. The van der Waals surface area contributed by atoms with Crippen LogP contribution in [0.25, 0.3) is 0 Å². The van der Waals surface area contributed by atoms with E-state index in [0.29, 0.717) is 51.3 Å². The van der Waals surface area contributed by atoms with E-state index < -0.39 is 5.60 Å². The summed E-state index contributed by atoms with van der Waals surface area (Å²) in [7, 11) is 2.12. The number of carbonyl (C=O) groups is 2. The van der Waals surface area contributed by atoms with Crippen molar-refractivity contribution in [2.45, 2.75) is 89.8 Å². The highest BCUT2D eigenvalue weighted by molar-refractivity contribution is 5.71. The van der Waals surface area contributed by atoms with Gasteiger partial charge in [-0.25, -0.2) is 9.59 Å². The number of anilines is 1. The Morgan fingerprint density at radius 1 is 0.977 bits per heavy atom. The van der Waals surface area contributed by atoms with Crippen LogP contribution in [0.3, 0.4) is 0 Å². The molecule has 3 fully saturated rings. The molecule has 4 aliphatic heterocycles. The Balaban J connectivity index is 1.21. The van der Waals surface area contributed by atoms with Gasteiger partial charge in [0.1, 0.15) is 24.6 Å². The second-order valence-corrected chi connectivity index (χ2v) is 13.2. The summed E-state index contributed by atoms with van der Waals surface area (Å²) >= 11 is 0. The number of fused-ring (bicyclic) bond motifs is 3. The molecule has 0 N–H and O–H groups in total. The molecule has 5 heterocycles. The predicted molar refractivity (Wildman–Crippen MR) is 161 cm³/mol. The molecule has 0 aliphatic carbocycles. The molecule has 11 heteroatoms. The molecule has 2 bridgehead atoms. The molecule has 0 radical (unpaired) electrons. The van der Waals surface area contributed by atoms with Gasteiger partial charge in [-0.2, -0.15) is 9.97 Å². The normalized spacial score (nSPS) is 23.7. The number of benzene rings is 1. The molecule has 1 aromatic carbocycles. The van der Waals surface area contributed by atoms with E-state index in [-0.39, 0.29) is 30.9 Å². The Morgan fingerprint density at radius 2 is 1.72 bits per heavy atom. The number of likely N-dealkylation sites (tertiary alicyclic amines) is 1.